The van der Waals surface area contributed by atoms with Gasteiger partial charge in [-0.05, 0) is 6.42 Å². The molecule has 0 rings (SSSR count). The minimum absolute atomic E-state index is 0.374. The number of rotatable bonds is 17. The molecule has 2 atom stereocenters. The fourth-order valence-electron chi connectivity index (χ4n) is 2.89. The van der Waals surface area contributed by atoms with Crippen LogP contribution < -0.4 is 0 Å². The van der Waals surface area contributed by atoms with Crippen LogP contribution in [0.15, 0.2) is 12.7 Å². The van der Waals surface area contributed by atoms with Gasteiger partial charge >= 0.3 is 0 Å². The molecule has 0 aromatic rings. The second-order valence-electron chi connectivity index (χ2n) is 6.72. The van der Waals surface area contributed by atoms with Gasteiger partial charge in [-0.1, -0.05) is 96.5 Å². The van der Waals surface area contributed by atoms with Gasteiger partial charge in [-0.25, -0.2) is 0 Å². The molecule has 0 bridgehead atoms. The summed E-state index contributed by atoms with van der Waals surface area (Å²) in [6.07, 6.45) is 19.3. The Kier molecular flexibility index (Phi) is 16.8. The number of aliphatic hydroxyl groups is 2. The summed E-state index contributed by atoms with van der Waals surface area (Å²) in [6.45, 7) is 5.79. The molecular weight excluding hydrogens is 272 g/mol. The summed E-state index contributed by atoms with van der Waals surface area (Å²) in [5.41, 5.74) is 0. The topological polar surface area (TPSA) is 40.5 Å². The molecule has 0 unspecified atom stereocenters. The lowest BCUT2D eigenvalue weighted by atomic mass is 10.0. The smallest absolute Gasteiger partial charge is 0.0742 e. The lowest BCUT2D eigenvalue weighted by Crippen LogP contribution is -2.15. The molecule has 0 aliphatic rings. The van der Waals surface area contributed by atoms with E-state index in [1.807, 2.05) is 0 Å². The molecule has 0 saturated carbocycles. The maximum Gasteiger partial charge on any atom is 0.0742 e. The van der Waals surface area contributed by atoms with Crippen molar-refractivity contribution in [3.05, 3.63) is 12.7 Å². The van der Waals surface area contributed by atoms with Crippen LogP contribution in [0.2, 0.25) is 0 Å². The van der Waals surface area contributed by atoms with Crippen LogP contribution >= 0.6 is 0 Å². The van der Waals surface area contributed by atoms with Gasteiger partial charge in [0.2, 0.25) is 0 Å². The van der Waals surface area contributed by atoms with Crippen molar-refractivity contribution in [1.82, 2.24) is 0 Å². The second-order valence-corrected chi connectivity index (χ2v) is 6.72. The molecule has 0 spiro atoms. The zero-order valence-corrected chi connectivity index (χ0v) is 14.9. The van der Waals surface area contributed by atoms with Crippen molar-refractivity contribution < 1.29 is 10.2 Å². The van der Waals surface area contributed by atoms with E-state index in [4.69, 9.17) is 0 Å². The average Bonchev–Trinajstić information content (AvgIpc) is 2.51. The first-order chi connectivity index (χ1) is 10.7. The molecule has 0 saturated heterocycles. The predicted octanol–water partition coefficient (Wildman–Crippen LogP) is 5.77. The van der Waals surface area contributed by atoms with E-state index in [9.17, 15) is 10.2 Å². The van der Waals surface area contributed by atoms with Gasteiger partial charge in [-0.3, -0.25) is 0 Å². The second kappa shape index (κ2) is 17.0. The highest BCUT2D eigenvalue weighted by atomic mass is 16.3. The van der Waals surface area contributed by atoms with Crippen LogP contribution in [0.25, 0.3) is 0 Å². The van der Waals surface area contributed by atoms with Crippen molar-refractivity contribution in [2.75, 3.05) is 0 Å². The van der Waals surface area contributed by atoms with Crippen molar-refractivity contribution in [3.63, 3.8) is 0 Å². The van der Waals surface area contributed by atoms with E-state index < -0.39 is 6.10 Å². The summed E-state index contributed by atoms with van der Waals surface area (Å²) < 4.78 is 0. The van der Waals surface area contributed by atoms with E-state index >= 15 is 0 Å². The van der Waals surface area contributed by atoms with Crippen LogP contribution in [0, 0.1) is 0 Å². The van der Waals surface area contributed by atoms with Crippen molar-refractivity contribution in [3.8, 4) is 0 Å². The van der Waals surface area contributed by atoms with E-state index in [-0.39, 0.29) is 6.10 Å². The first-order valence-corrected chi connectivity index (χ1v) is 9.69. The molecule has 0 aliphatic heterocycles. The van der Waals surface area contributed by atoms with Gasteiger partial charge in [0.05, 0.1) is 12.2 Å². The summed E-state index contributed by atoms with van der Waals surface area (Å²) in [5.74, 6) is 0. The third-order valence-electron chi connectivity index (χ3n) is 4.43. The third-order valence-corrected chi connectivity index (χ3v) is 4.43. The summed E-state index contributed by atoms with van der Waals surface area (Å²) >= 11 is 0. The van der Waals surface area contributed by atoms with Crippen LogP contribution in [-0.4, -0.2) is 22.4 Å². The molecule has 0 amide bonds. The van der Waals surface area contributed by atoms with Crippen LogP contribution in [0.4, 0.5) is 0 Å². The number of aliphatic hydroxyl groups excluding tert-OH is 2. The van der Waals surface area contributed by atoms with E-state index in [0.717, 1.165) is 12.8 Å². The van der Waals surface area contributed by atoms with Gasteiger partial charge in [0.25, 0.3) is 0 Å². The summed E-state index contributed by atoms with van der Waals surface area (Å²) in [4.78, 5) is 0. The Morgan fingerprint density at radius 3 is 1.55 bits per heavy atom. The van der Waals surface area contributed by atoms with Crippen LogP contribution in [-0.2, 0) is 0 Å². The fraction of sp³-hybridized carbons (Fsp3) is 0.900. The molecule has 0 aliphatic carbocycles. The zero-order chi connectivity index (χ0) is 16.5. The highest BCUT2D eigenvalue weighted by Crippen LogP contribution is 2.14. The van der Waals surface area contributed by atoms with Gasteiger partial charge < -0.3 is 10.2 Å². The maximum atomic E-state index is 9.72. The van der Waals surface area contributed by atoms with Gasteiger partial charge in [-0.2, -0.15) is 0 Å². The Balaban J connectivity index is 3.12. The minimum Gasteiger partial charge on any atom is -0.393 e. The molecule has 2 nitrogen and oxygen atoms in total. The number of unbranched alkanes of at least 4 members (excludes halogenated alkanes) is 12. The minimum atomic E-state index is -0.558. The quantitative estimate of drug-likeness (QED) is 0.264. The lowest BCUT2D eigenvalue weighted by molar-refractivity contribution is 0.0958. The highest BCUT2D eigenvalue weighted by Gasteiger charge is 2.08. The molecule has 0 heterocycles. The Labute approximate surface area is 139 Å². The largest absolute Gasteiger partial charge is 0.393 e. The van der Waals surface area contributed by atoms with Crippen molar-refractivity contribution in [1.29, 1.82) is 0 Å². The van der Waals surface area contributed by atoms with Crippen molar-refractivity contribution in [2.24, 2.45) is 0 Å². The number of hydrogen-bond acceptors (Lipinski definition) is 2. The van der Waals surface area contributed by atoms with E-state index in [0.29, 0.717) is 6.42 Å². The maximum absolute atomic E-state index is 9.72. The molecule has 132 valence electrons. The molecule has 2 heteroatoms. The summed E-state index contributed by atoms with van der Waals surface area (Å²) in [7, 11) is 0. The Morgan fingerprint density at radius 1 is 0.727 bits per heavy atom. The molecule has 0 fully saturated rings. The lowest BCUT2D eigenvalue weighted by Gasteiger charge is -2.12. The molecule has 0 aromatic heterocycles. The summed E-state index contributed by atoms with van der Waals surface area (Å²) in [5, 5.41) is 19.1. The van der Waals surface area contributed by atoms with E-state index in [1.165, 1.54) is 83.1 Å². The van der Waals surface area contributed by atoms with Crippen LogP contribution in [0.1, 0.15) is 103 Å². The molecule has 2 N–H and O–H groups in total. The third kappa shape index (κ3) is 16.0. The standard InChI is InChI=1S/C20H40O2/c1-3-5-6-7-8-9-10-11-12-13-14-15-16-17-20(22)18-19(21)4-2/h4,19-22H,2-3,5-18H2,1H3/t19-,20+/m0/s1. The van der Waals surface area contributed by atoms with Gasteiger partial charge in [0.1, 0.15) is 0 Å². The van der Waals surface area contributed by atoms with Gasteiger partial charge in [0.15, 0.2) is 0 Å². The van der Waals surface area contributed by atoms with Crippen molar-refractivity contribution >= 4 is 0 Å². The van der Waals surface area contributed by atoms with E-state index in [2.05, 4.69) is 13.5 Å². The predicted molar refractivity (Wildman–Crippen MR) is 97.1 cm³/mol. The Hall–Kier alpha value is -0.340. The van der Waals surface area contributed by atoms with Gasteiger partial charge in [-0.15, -0.1) is 6.58 Å². The molecule has 0 aromatic carbocycles. The first-order valence-electron chi connectivity index (χ1n) is 9.69. The fourth-order valence-corrected chi connectivity index (χ4v) is 2.89. The van der Waals surface area contributed by atoms with Crippen LogP contribution in [0.3, 0.4) is 0 Å². The SMILES string of the molecule is C=C[C@H](O)C[C@H](O)CCCCCCCCCCCCCCC. The Bertz CT molecular complexity index is 228. The van der Waals surface area contributed by atoms with Gasteiger partial charge in [0, 0.05) is 6.42 Å². The first kappa shape index (κ1) is 21.7. The van der Waals surface area contributed by atoms with Crippen LogP contribution in [0.5, 0.6) is 0 Å². The average molecular weight is 313 g/mol. The zero-order valence-electron chi connectivity index (χ0n) is 14.9. The monoisotopic (exact) mass is 312 g/mol. The molecular formula is C20H40O2. The highest BCUT2D eigenvalue weighted by molar-refractivity contribution is 4.80. The number of hydrogen-bond donors (Lipinski definition) is 2. The van der Waals surface area contributed by atoms with E-state index in [1.54, 1.807) is 0 Å². The normalized spacial score (nSPS) is 14.0. The molecule has 22 heavy (non-hydrogen) atoms. The molecule has 0 radical (unpaired) electrons. The Morgan fingerprint density at radius 2 is 1.14 bits per heavy atom. The van der Waals surface area contributed by atoms with Crippen molar-refractivity contribution in [2.45, 2.75) is 115 Å². The summed E-state index contributed by atoms with van der Waals surface area (Å²) in [6, 6.07) is 0.